The molecule has 0 saturated carbocycles. The number of nitrogens with one attached hydrogen (secondary N) is 1. The first-order valence-corrected chi connectivity index (χ1v) is 5.22. The zero-order chi connectivity index (χ0) is 12.1. The number of thioether (sulfide) groups is 1. The maximum atomic E-state index is 13.1. The lowest BCUT2D eigenvalue weighted by Gasteiger charge is -2.02. The zero-order valence-electron chi connectivity index (χ0n) is 8.21. The number of rotatable bonds is 2. The van der Waals surface area contributed by atoms with Crippen LogP contribution in [0.15, 0.2) is 23.2 Å². The standard InChI is InChI=1S/C9H10F2N4S/c10-6-1-2-7(11)5(3-6)4-16-9(14)15-8(12)13/h1-3H,4H2,(H5,12,13,14,15). The van der Waals surface area contributed by atoms with Crippen molar-refractivity contribution in [1.29, 1.82) is 5.41 Å². The van der Waals surface area contributed by atoms with Crippen LogP contribution in [0.2, 0.25) is 0 Å². The lowest BCUT2D eigenvalue weighted by atomic mass is 10.2. The van der Waals surface area contributed by atoms with Crippen molar-refractivity contribution in [2.45, 2.75) is 5.75 Å². The molecule has 0 heterocycles. The topological polar surface area (TPSA) is 88.2 Å². The van der Waals surface area contributed by atoms with Crippen LogP contribution < -0.4 is 11.5 Å². The maximum absolute atomic E-state index is 13.1. The predicted molar refractivity (Wildman–Crippen MR) is 61.2 cm³/mol. The van der Waals surface area contributed by atoms with Crippen molar-refractivity contribution in [2.24, 2.45) is 16.5 Å². The van der Waals surface area contributed by atoms with E-state index in [-0.39, 0.29) is 22.4 Å². The third-order valence-corrected chi connectivity index (χ3v) is 2.42. The van der Waals surface area contributed by atoms with Gasteiger partial charge >= 0.3 is 0 Å². The predicted octanol–water partition coefficient (Wildman–Crippen LogP) is 1.41. The fourth-order valence-corrected chi connectivity index (χ4v) is 1.63. The van der Waals surface area contributed by atoms with Crippen LogP contribution in [0.4, 0.5) is 8.78 Å². The molecule has 1 aromatic carbocycles. The second kappa shape index (κ2) is 5.45. The van der Waals surface area contributed by atoms with Gasteiger partial charge in [0, 0.05) is 11.3 Å². The Morgan fingerprint density at radius 1 is 1.38 bits per heavy atom. The van der Waals surface area contributed by atoms with Gasteiger partial charge in [0.2, 0.25) is 0 Å². The number of amidine groups is 1. The summed E-state index contributed by atoms with van der Waals surface area (Å²) in [4.78, 5) is 3.45. The Morgan fingerprint density at radius 2 is 2.06 bits per heavy atom. The highest BCUT2D eigenvalue weighted by molar-refractivity contribution is 8.13. The van der Waals surface area contributed by atoms with E-state index in [1.165, 1.54) is 0 Å². The molecule has 1 rings (SSSR count). The van der Waals surface area contributed by atoms with Crippen molar-refractivity contribution < 1.29 is 8.78 Å². The minimum absolute atomic E-state index is 0.0964. The van der Waals surface area contributed by atoms with Crippen LogP contribution in [0.1, 0.15) is 5.56 Å². The van der Waals surface area contributed by atoms with Crippen LogP contribution in [-0.4, -0.2) is 11.1 Å². The van der Waals surface area contributed by atoms with Crippen molar-refractivity contribution in [3.8, 4) is 0 Å². The summed E-state index contributed by atoms with van der Waals surface area (Å²) in [7, 11) is 0. The van der Waals surface area contributed by atoms with Gasteiger partial charge in [0.25, 0.3) is 0 Å². The van der Waals surface area contributed by atoms with Crippen molar-refractivity contribution in [2.75, 3.05) is 0 Å². The van der Waals surface area contributed by atoms with E-state index in [4.69, 9.17) is 16.9 Å². The maximum Gasteiger partial charge on any atom is 0.193 e. The SMILES string of the molecule is N=C(N=C(N)N)SCc1cc(F)ccc1F. The van der Waals surface area contributed by atoms with E-state index in [1.807, 2.05) is 0 Å². The lowest BCUT2D eigenvalue weighted by Crippen LogP contribution is -2.23. The molecule has 7 heteroatoms. The van der Waals surface area contributed by atoms with Gasteiger partial charge in [-0.3, -0.25) is 5.41 Å². The van der Waals surface area contributed by atoms with Crippen LogP contribution in [-0.2, 0) is 5.75 Å². The quantitative estimate of drug-likeness (QED) is 0.543. The number of halogens is 2. The monoisotopic (exact) mass is 244 g/mol. The van der Waals surface area contributed by atoms with E-state index in [0.717, 1.165) is 30.0 Å². The molecule has 0 aliphatic heterocycles. The van der Waals surface area contributed by atoms with E-state index < -0.39 is 11.6 Å². The van der Waals surface area contributed by atoms with E-state index in [0.29, 0.717) is 0 Å². The first-order valence-electron chi connectivity index (χ1n) is 4.24. The van der Waals surface area contributed by atoms with Crippen LogP contribution in [0.5, 0.6) is 0 Å². The number of nitrogens with two attached hydrogens (primary N) is 2. The summed E-state index contributed by atoms with van der Waals surface area (Å²) in [6.45, 7) is 0. The average molecular weight is 244 g/mol. The van der Waals surface area contributed by atoms with E-state index >= 15 is 0 Å². The highest BCUT2D eigenvalue weighted by Crippen LogP contribution is 2.17. The normalized spacial score (nSPS) is 9.88. The van der Waals surface area contributed by atoms with E-state index in [1.54, 1.807) is 0 Å². The number of aliphatic imine (C=N–C) groups is 1. The third kappa shape index (κ3) is 3.85. The molecule has 16 heavy (non-hydrogen) atoms. The summed E-state index contributed by atoms with van der Waals surface area (Å²) in [5.74, 6) is -1.19. The summed E-state index contributed by atoms with van der Waals surface area (Å²) >= 11 is 0.910. The molecule has 0 radical (unpaired) electrons. The van der Waals surface area contributed by atoms with Gasteiger partial charge in [0.05, 0.1) is 0 Å². The lowest BCUT2D eigenvalue weighted by molar-refractivity contribution is 0.591. The fourth-order valence-electron chi connectivity index (χ4n) is 0.950. The van der Waals surface area contributed by atoms with Crippen molar-refractivity contribution >= 4 is 22.9 Å². The molecule has 0 spiro atoms. The minimum atomic E-state index is -0.523. The highest BCUT2D eigenvalue weighted by atomic mass is 32.2. The Bertz CT molecular complexity index is 430. The second-order valence-corrected chi connectivity index (χ2v) is 3.83. The molecule has 0 bridgehead atoms. The smallest absolute Gasteiger partial charge is 0.193 e. The Balaban J connectivity index is 2.64. The molecule has 5 N–H and O–H groups in total. The van der Waals surface area contributed by atoms with Crippen LogP contribution >= 0.6 is 11.8 Å². The van der Waals surface area contributed by atoms with Gasteiger partial charge in [-0.15, -0.1) is 0 Å². The number of benzene rings is 1. The number of hydrogen-bond acceptors (Lipinski definition) is 2. The Labute approximate surface area is 95.2 Å². The molecule has 0 aliphatic carbocycles. The van der Waals surface area contributed by atoms with Gasteiger partial charge in [-0.1, -0.05) is 11.8 Å². The van der Waals surface area contributed by atoms with E-state index in [9.17, 15) is 8.78 Å². The molecule has 0 fully saturated rings. The van der Waals surface area contributed by atoms with Crippen molar-refractivity contribution in [3.63, 3.8) is 0 Å². The fraction of sp³-hybridized carbons (Fsp3) is 0.111. The number of guanidine groups is 1. The van der Waals surface area contributed by atoms with Crippen LogP contribution in [0.3, 0.4) is 0 Å². The molecule has 0 atom stereocenters. The Morgan fingerprint density at radius 3 is 2.69 bits per heavy atom. The second-order valence-electron chi connectivity index (χ2n) is 2.87. The van der Waals surface area contributed by atoms with Crippen molar-refractivity contribution in [3.05, 3.63) is 35.4 Å². The average Bonchev–Trinajstić information content (AvgIpc) is 2.18. The van der Waals surface area contributed by atoms with Gasteiger partial charge in [0.15, 0.2) is 11.1 Å². The van der Waals surface area contributed by atoms with E-state index in [2.05, 4.69) is 4.99 Å². The summed E-state index contributed by atoms with van der Waals surface area (Å²) in [6.07, 6.45) is 0. The molecule has 0 aromatic heterocycles. The summed E-state index contributed by atoms with van der Waals surface area (Å²) in [6, 6.07) is 3.14. The highest BCUT2D eigenvalue weighted by Gasteiger charge is 2.05. The first-order chi connectivity index (χ1) is 7.49. The molecule has 4 nitrogen and oxygen atoms in total. The van der Waals surface area contributed by atoms with Crippen LogP contribution in [0, 0.1) is 17.0 Å². The van der Waals surface area contributed by atoms with Gasteiger partial charge in [-0.05, 0) is 18.2 Å². The number of nitrogens with zero attached hydrogens (tertiary/aromatic N) is 1. The molecule has 0 saturated heterocycles. The van der Waals surface area contributed by atoms with Gasteiger partial charge in [0.1, 0.15) is 11.6 Å². The summed E-state index contributed by atoms with van der Waals surface area (Å²) in [5.41, 5.74) is 10.3. The largest absolute Gasteiger partial charge is 0.370 e. The summed E-state index contributed by atoms with van der Waals surface area (Å²) < 4.78 is 25.9. The molecule has 0 amide bonds. The molecule has 0 aliphatic rings. The van der Waals surface area contributed by atoms with Crippen LogP contribution in [0.25, 0.3) is 0 Å². The molecule has 1 aromatic rings. The molecule has 0 unspecified atom stereocenters. The van der Waals surface area contributed by atoms with Crippen molar-refractivity contribution in [1.82, 2.24) is 0 Å². The van der Waals surface area contributed by atoms with Gasteiger partial charge < -0.3 is 11.5 Å². The molecular weight excluding hydrogens is 234 g/mol. The zero-order valence-corrected chi connectivity index (χ0v) is 9.02. The Hall–Kier alpha value is -1.63. The Kier molecular flexibility index (Phi) is 4.24. The van der Waals surface area contributed by atoms with Gasteiger partial charge in [-0.2, -0.15) is 4.99 Å². The number of hydrogen-bond donors (Lipinski definition) is 3. The first kappa shape index (κ1) is 12.4. The summed E-state index contributed by atoms with van der Waals surface area (Å²) in [5, 5.41) is 7.14. The molecule has 86 valence electrons. The van der Waals surface area contributed by atoms with Gasteiger partial charge in [-0.25, -0.2) is 8.78 Å². The third-order valence-electron chi connectivity index (χ3n) is 1.60. The minimum Gasteiger partial charge on any atom is -0.370 e. The molecular formula is C9H10F2N4S.